The molecule has 0 spiro atoms. The molecule has 8 heteroatoms. The van der Waals surface area contributed by atoms with E-state index < -0.39 is 5.97 Å². The van der Waals surface area contributed by atoms with Crippen molar-refractivity contribution in [1.82, 2.24) is 10.2 Å². The van der Waals surface area contributed by atoms with Crippen molar-refractivity contribution in [3.63, 3.8) is 0 Å². The zero-order chi connectivity index (χ0) is 15.5. The third kappa shape index (κ3) is 2.86. The molecule has 1 aromatic heterocycles. The van der Waals surface area contributed by atoms with Gasteiger partial charge in [0.1, 0.15) is 0 Å². The lowest BCUT2D eigenvalue weighted by atomic mass is 10.1. The van der Waals surface area contributed by atoms with Gasteiger partial charge in [0.05, 0.1) is 12.2 Å². The van der Waals surface area contributed by atoms with E-state index >= 15 is 0 Å². The van der Waals surface area contributed by atoms with Crippen molar-refractivity contribution >= 4 is 34.1 Å². The lowest BCUT2D eigenvalue weighted by molar-refractivity contribution is -0.136. The van der Waals surface area contributed by atoms with Crippen LogP contribution in [0.5, 0.6) is 11.5 Å². The molecule has 22 heavy (non-hydrogen) atoms. The number of carbonyl (C=O) groups excluding carboxylic acids is 1. The Balaban J connectivity index is 1.99. The lowest BCUT2D eigenvalue weighted by Gasteiger charge is -2.04. The highest BCUT2D eigenvalue weighted by atomic mass is 32.1. The van der Waals surface area contributed by atoms with Gasteiger partial charge in [0.25, 0.3) is 0 Å². The average molecular weight is 319 g/mol. The molecule has 2 aromatic rings. The molecule has 0 aliphatic carbocycles. The zero-order valence-electron chi connectivity index (χ0n) is 11.7. The first-order valence-electron chi connectivity index (χ1n) is 6.55. The highest BCUT2D eigenvalue weighted by molar-refractivity contribution is 7.16. The number of benzene rings is 1. The highest BCUT2D eigenvalue weighted by Crippen LogP contribution is 2.34. The average Bonchev–Trinajstić information content (AvgIpc) is 3.13. The Morgan fingerprint density at radius 3 is 2.95 bits per heavy atom. The Labute approximate surface area is 130 Å². The summed E-state index contributed by atoms with van der Waals surface area (Å²) in [6, 6.07) is 5.38. The number of nitrogen functional groups attached to an aromatic ring is 1. The van der Waals surface area contributed by atoms with Crippen LogP contribution in [0.3, 0.4) is 0 Å². The summed E-state index contributed by atoms with van der Waals surface area (Å²) in [7, 11) is 0. The number of ether oxygens (including phenoxy) is 3. The number of carbonyl (C=O) groups is 1. The van der Waals surface area contributed by atoms with Gasteiger partial charge in [-0.2, -0.15) is 0 Å². The first kappa shape index (κ1) is 14.3. The Morgan fingerprint density at radius 2 is 2.23 bits per heavy atom. The maximum absolute atomic E-state index is 12.1. The summed E-state index contributed by atoms with van der Waals surface area (Å²) < 4.78 is 15.7. The summed E-state index contributed by atoms with van der Waals surface area (Å²) in [6.07, 6.45) is 1.67. The predicted molar refractivity (Wildman–Crippen MR) is 81.4 cm³/mol. The Hall–Kier alpha value is -2.61. The van der Waals surface area contributed by atoms with Crippen LogP contribution in [0.15, 0.2) is 18.2 Å². The largest absolute Gasteiger partial charge is 0.462 e. The topological polar surface area (TPSA) is 96.6 Å². The lowest BCUT2D eigenvalue weighted by Crippen LogP contribution is -2.06. The molecule has 3 rings (SSSR count). The summed E-state index contributed by atoms with van der Waals surface area (Å²) in [5.41, 5.74) is 6.65. The second-order valence-electron chi connectivity index (χ2n) is 4.34. The van der Waals surface area contributed by atoms with Gasteiger partial charge in [-0.1, -0.05) is 17.4 Å². The molecule has 1 aliphatic heterocycles. The van der Waals surface area contributed by atoms with E-state index in [2.05, 4.69) is 10.2 Å². The number of esters is 1. The molecule has 2 N–H and O–H groups in total. The van der Waals surface area contributed by atoms with E-state index in [9.17, 15) is 4.79 Å². The van der Waals surface area contributed by atoms with Gasteiger partial charge in [0.15, 0.2) is 16.5 Å². The summed E-state index contributed by atoms with van der Waals surface area (Å²) in [5.74, 6) is 0.833. The molecule has 0 unspecified atom stereocenters. The van der Waals surface area contributed by atoms with Crippen molar-refractivity contribution in [2.45, 2.75) is 6.92 Å². The summed E-state index contributed by atoms with van der Waals surface area (Å²) >= 11 is 1.13. The van der Waals surface area contributed by atoms with Crippen LogP contribution < -0.4 is 15.2 Å². The van der Waals surface area contributed by atoms with Gasteiger partial charge in [-0.05, 0) is 30.7 Å². The number of anilines is 1. The minimum Gasteiger partial charge on any atom is -0.462 e. The molecule has 114 valence electrons. The summed E-state index contributed by atoms with van der Waals surface area (Å²) in [6.45, 7) is 2.20. The van der Waals surface area contributed by atoms with Gasteiger partial charge in [-0.3, -0.25) is 0 Å². The molecule has 7 nitrogen and oxygen atoms in total. The number of hydrogen-bond acceptors (Lipinski definition) is 8. The van der Waals surface area contributed by atoms with Gasteiger partial charge in [-0.25, -0.2) is 4.79 Å². The first-order valence-corrected chi connectivity index (χ1v) is 7.37. The zero-order valence-corrected chi connectivity index (χ0v) is 12.6. The van der Waals surface area contributed by atoms with E-state index in [0.29, 0.717) is 22.1 Å². The second kappa shape index (κ2) is 6.02. The number of fused-ring (bicyclic) bond motifs is 1. The molecule has 0 amide bonds. The van der Waals surface area contributed by atoms with E-state index in [1.54, 1.807) is 25.1 Å². The minimum absolute atomic E-state index is 0.195. The van der Waals surface area contributed by atoms with Crippen LogP contribution >= 0.6 is 11.3 Å². The van der Waals surface area contributed by atoms with Crippen LogP contribution in [-0.2, 0) is 9.53 Å². The summed E-state index contributed by atoms with van der Waals surface area (Å²) in [4.78, 5) is 12.1. The van der Waals surface area contributed by atoms with Crippen LogP contribution in [0.1, 0.15) is 17.5 Å². The number of nitrogens with zero attached hydrogens (tertiary/aromatic N) is 2. The van der Waals surface area contributed by atoms with E-state index in [-0.39, 0.29) is 18.5 Å². The normalized spacial score (nSPS) is 13.2. The quantitative estimate of drug-likeness (QED) is 0.679. The molecule has 0 saturated heterocycles. The van der Waals surface area contributed by atoms with Gasteiger partial charge in [0, 0.05) is 0 Å². The van der Waals surface area contributed by atoms with E-state index in [1.807, 2.05) is 6.07 Å². The highest BCUT2D eigenvalue weighted by Gasteiger charge is 2.19. The predicted octanol–water partition coefficient (Wildman–Crippen LogP) is 1.95. The van der Waals surface area contributed by atoms with Crippen LogP contribution in [-0.4, -0.2) is 29.6 Å². The van der Waals surface area contributed by atoms with Crippen LogP contribution in [0, 0.1) is 0 Å². The van der Waals surface area contributed by atoms with Crippen molar-refractivity contribution in [2.24, 2.45) is 0 Å². The molecule has 0 atom stereocenters. The monoisotopic (exact) mass is 319 g/mol. The first-order chi connectivity index (χ1) is 10.7. The van der Waals surface area contributed by atoms with Crippen molar-refractivity contribution in [3.8, 4) is 11.5 Å². The molecule has 0 saturated carbocycles. The molecular formula is C14H13N3O4S. The van der Waals surface area contributed by atoms with Crippen molar-refractivity contribution in [1.29, 1.82) is 0 Å². The third-order valence-corrected chi connectivity index (χ3v) is 3.66. The fourth-order valence-corrected chi connectivity index (χ4v) is 2.54. The molecule has 0 fully saturated rings. The molecule has 1 aromatic carbocycles. The molecule has 0 radical (unpaired) electrons. The van der Waals surface area contributed by atoms with Crippen molar-refractivity contribution in [3.05, 3.63) is 28.8 Å². The Bertz CT molecular complexity index is 741. The van der Waals surface area contributed by atoms with E-state index in [4.69, 9.17) is 19.9 Å². The van der Waals surface area contributed by atoms with Gasteiger partial charge < -0.3 is 19.9 Å². The Kier molecular flexibility index (Phi) is 3.92. The standard InChI is InChI=1S/C14H13N3O4S/c1-2-19-13(18)9(12-16-17-14(15)22-12)5-8-3-4-10-11(6-8)21-7-20-10/h3-6H,2,7H2,1H3,(H2,15,17)/b9-5+. The van der Waals surface area contributed by atoms with E-state index in [1.165, 1.54) is 0 Å². The number of rotatable bonds is 4. The van der Waals surface area contributed by atoms with Crippen molar-refractivity contribution in [2.75, 3.05) is 19.1 Å². The maximum Gasteiger partial charge on any atom is 0.341 e. The molecular weight excluding hydrogens is 306 g/mol. The van der Waals surface area contributed by atoms with Gasteiger partial charge in [-0.15, -0.1) is 10.2 Å². The van der Waals surface area contributed by atoms with Gasteiger partial charge >= 0.3 is 5.97 Å². The van der Waals surface area contributed by atoms with Gasteiger partial charge in [0.2, 0.25) is 11.9 Å². The van der Waals surface area contributed by atoms with Crippen LogP contribution in [0.2, 0.25) is 0 Å². The molecule has 2 heterocycles. The number of aromatic nitrogens is 2. The number of hydrogen-bond donors (Lipinski definition) is 1. The summed E-state index contributed by atoms with van der Waals surface area (Å²) in [5, 5.41) is 8.34. The third-order valence-electron chi connectivity index (χ3n) is 2.87. The SMILES string of the molecule is CCOC(=O)/C(=C/c1ccc2c(c1)OCO2)c1nnc(N)s1. The number of nitrogens with two attached hydrogens (primary N) is 1. The Morgan fingerprint density at radius 1 is 1.41 bits per heavy atom. The van der Waals surface area contributed by atoms with Crippen LogP contribution in [0.4, 0.5) is 5.13 Å². The molecule has 1 aliphatic rings. The van der Waals surface area contributed by atoms with E-state index in [0.717, 1.165) is 16.9 Å². The second-order valence-corrected chi connectivity index (χ2v) is 5.35. The maximum atomic E-state index is 12.1. The fourth-order valence-electron chi connectivity index (χ4n) is 1.93. The van der Waals surface area contributed by atoms with Crippen molar-refractivity contribution < 1.29 is 19.0 Å². The smallest absolute Gasteiger partial charge is 0.341 e. The molecule has 0 bridgehead atoms. The minimum atomic E-state index is -0.476. The van der Waals surface area contributed by atoms with Crippen LogP contribution in [0.25, 0.3) is 11.6 Å². The fraction of sp³-hybridized carbons (Fsp3) is 0.214.